The van der Waals surface area contributed by atoms with E-state index in [1.165, 1.54) is 38.5 Å². The third-order valence-corrected chi connectivity index (χ3v) is 6.75. The monoisotopic (exact) mass is 474 g/mol. The fraction of sp³-hybridized carbons (Fsp3) is 1.00. The first kappa shape index (κ1) is 15.4. The Bertz CT molecular complexity index is 268. The van der Waals surface area contributed by atoms with Crippen LogP contribution in [0.15, 0.2) is 10.2 Å². The summed E-state index contributed by atoms with van der Waals surface area (Å²) in [4.78, 5) is 0. The van der Waals surface area contributed by atoms with Crippen molar-refractivity contribution < 1.29 is 0 Å². The largest absolute Gasteiger partial charge is 0.190 e. The lowest BCUT2D eigenvalue weighted by Crippen LogP contribution is -2.28. The maximum Gasteiger partial charge on any atom is 0.0734 e. The highest BCUT2D eigenvalue weighted by Crippen LogP contribution is 2.34. The van der Waals surface area contributed by atoms with E-state index in [1.54, 1.807) is 0 Å². The van der Waals surface area contributed by atoms with E-state index >= 15 is 0 Å². The summed E-state index contributed by atoms with van der Waals surface area (Å²) in [7, 11) is 0. The smallest absolute Gasteiger partial charge is 0.0734 e. The van der Waals surface area contributed by atoms with Gasteiger partial charge in [-0.3, -0.25) is 0 Å². The van der Waals surface area contributed by atoms with Crippen molar-refractivity contribution in [2.45, 2.75) is 72.3 Å². The van der Waals surface area contributed by atoms with Crippen molar-refractivity contribution >= 4 is 45.2 Å². The fourth-order valence-corrected chi connectivity index (χ4v) is 5.47. The lowest BCUT2D eigenvalue weighted by atomic mass is 9.86. The standard InChI is InChI=1S/C14H24I2N2/c1-9-7-11(15)3-5-13(9)17-18-14-6-4-12(16)8-10(14)2/h9-14H,3-8H2,1-2H3. The molecule has 0 N–H and O–H groups in total. The molecule has 2 nitrogen and oxygen atoms in total. The lowest BCUT2D eigenvalue weighted by molar-refractivity contribution is 0.301. The van der Waals surface area contributed by atoms with Crippen LogP contribution in [0, 0.1) is 11.8 Å². The van der Waals surface area contributed by atoms with Crippen LogP contribution in [0.5, 0.6) is 0 Å². The Labute approximate surface area is 138 Å². The number of hydrogen-bond donors (Lipinski definition) is 0. The van der Waals surface area contributed by atoms with Crippen molar-refractivity contribution in [3.8, 4) is 0 Å². The first-order valence-electron chi connectivity index (χ1n) is 7.24. The molecule has 4 heteroatoms. The summed E-state index contributed by atoms with van der Waals surface area (Å²) in [5, 5.41) is 9.43. The molecular weight excluding hydrogens is 450 g/mol. The van der Waals surface area contributed by atoms with Crippen LogP contribution in [0.4, 0.5) is 0 Å². The highest BCUT2D eigenvalue weighted by atomic mass is 127. The fourth-order valence-electron chi connectivity index (χ4n) is 3.14. The molecule has 0 heterocycles. The molecule has 0 saturated heterocycles. The molecule has 2 saturated carbocycles. The molecular formula is C14H24I2N2. The Morgan fingerprint density at radius 2 is 1.11 bits per heavy atom. The summed E-state index contributed by atoms with van der Waals surface area (Å²) in [6.07, 6.45) is 7.78. The molecule has 6 unspecified atom stereocenters. The van der Waals surface area contributed by atoms with Crippen molar-refractivity contribution in [2.75, 3.05) is 0 Å². The zero-order valence-corrected chi connectivity index (χ0v) is 15.7. The van der Waals surface area contributed by atoms with Crippen LogP contribution >= 0.6 is 45.2 Å². The summed E-state index contributed by atoms with van der Waals surface area (Å²) in [5.74, 6) is 1.45. The van der Waals surface area contributed by atoms with Gasteiger partial charge in [-0.2, -0.15) is 10.2 Å². The predicted molar refractivity (Wildman–Crippen MR) is 94.1 cm³/mol. The normalized spacial score (nSPS) is 46.4. The molecule has 18 heavy (non-hydrogen) atoms. The Balaban J connectivity index is 1.86. The maximum atomic E-state index is 4.72. The van der Waals surface area contributed by atoms with Gasteiger partial charge in [-0.25, -0.2) is 0 Å². The Hall–Kier alpha value is 1.06. The second-order valence-electron chi connectivity index (χ2n) is 6.14. The summed E-state index contributed by atoms with van der Waals surface area (Å²) < 4.78 is 1.72. The van der Waals surface area contributed by atoms with Crippen molar-refractivity contribution in [2.24, 2.45) is 22.1 Å². The summed E-state index contributed by atoms with van der Waals surface area (Å²) in [6, 6.07) is 1.00. The molecule has 2 aliphatic rings. The van der Waals surface area contributed by atoms with E-state index in [0.717, 1.165) is 19.7 Å². The molecule has 0 bridgehead atoms. The van der Waals surface area contributed by atoms with Gasteiger partial charge in [0.1, 0.15) is 0 Å². The molecule has 2 aliphatic carbocycles. The minimum absolute atomic E-state index is 0.501. The van der Waals surface area contributed by atoms with Crippen LogP contribution in [-0.4, -0.2) is 19.9 Å². The van der Waals surface area contributed by atoms with Crippen LogP contribution < -0.4 is 0 Å². The highest BCUT2D eigenvalue weighted by Gasteiger charge is 2.28. The van der Waals surface area contributed by atoms with E-state index in [2.05, 4.69) is 59.0 Å². The third kappa shape index (κ3) is 4.28. The number of azo groups is 1. The van der Waals surface area contributed by atoms with Gasteiger partial charge in [0.2, 0.25) is 0 Å². The van der Waals surface area contributed by atoms with Crippen LogP contribution in [0.1, 0.15) is 52.4 Å². The Kier molecular flexibility index (Phi) is 6.16. The number of hydrogen-bond acceptors (Lipinski definition) is 2. The van der Waals surface area contributed by atoms with E-state index in [4.69, 9.17) is 10.2 Å². The Morgan fingerprint density at radius 3 is 1.44 bits per heavy atom. The van der Waals surface area contributed by atoms with E-state index < -0.39 is 0 Å². The SMILES string of the molecule is CC1CC(I)CCC1N=NC1CCC(I)CC1C. The van der Waals surface area contributed by atoms with Crippen LogP contribution in [-0.2, 0) is 0 Å². The van der Waals surface area contributed by atoms with Crippen molar-refractivity contribution in [1.82, 2.24) is 0 Å². The summed E-state index contributed by atoms with van der Waals surface area (Å²) in [5.41, 5.74) is 0. The molecule has 104 valence electrons. The van der Waals surface area contributed by atoms with Gasteiger partial charge in [0.15, 0.2) is 0 Å². The molecule has 0 aromatic heterocycles. The zero-order valence-electron chi connectivity index (χ0n) is 11.4. The average molecular weight is 474 g/mol. The minimum Gasteiger partial charge on any atom is -0.190 e. The minimum atomic E-state index is 0.501. The molecule has 2 rings (SSSR count). The maximum absolute atomic E-state index is 4.72. The van der Waals surface area contributed by atoms with E-state index in [-0.39, 0.29) is 0 Å². The van der Waals surface area contributed by atoms with Crippen LogP contribution in [0.25, 0.3) is 0 Å². The lowest BCUT2D eigenvalue weighted by Gasteiger charge is -2.31. The van der Waals surface area contributed by atoms with Crippen LogP contribution in [0.2, 0.25) is 0 Å². The highest BCUT2D eigenvalue weighted by molar-refractivity contribution is 14.1. The number of nitrogens with zero attached hydrogens (tertiary/aromatic N) is 2. The number of rotatable bonds is 2. The van der Waals surface area contributed by atoms with Gasteiger partial charge in [-0.15, -0.1) is 0 Å². The quantitative estimate of drug-likeness (QED) is 0.290. The summed E-state index contributed by atoms with van der Waals surface area (Å²) in [6.45, 7) is 4.69. The first-order valence-corrected chi connectivity index (χ1v) is 9.73. The predicted octanol–water partition coefficient (Wildman–Crippen LogP) is 5.42. The van der Waals surface area contributed by atoms with Crippen molar-refractivity contribution in [1.29, 1.82) is 0 Å². The van der Waals surface area contributed by atoms with Crippen molar-refractivity contribution in [3.63, 3.8) is 0 Å². The molecule has 2 fully saturated rings. The van der Waals surface area contributed by atoms with Gasteiger partial charge >= 0.3 is 0 Å². The number of alkyl halides is 2. The van der Waals surface area contributed by atoms with Gasteiger partial charge in [-0.05, 0) is 50.4 Å². The van der Waals surface area contributed by atoms with E-state index in [0.29, 0.717) is 12.1 Å². The second kappa shape index (κ2) is 7.18. The first-order chi connectivity index (χ1) is 8.56. The van der Waals surface area contributed by atoms with E-state index in [9.17, 15) is 0 Å². The molecule has 0 aliphatic heterocycles. The third-order valence-electron chi connectivity index (χ3n) is 4.48. The summed E-state index contributed by atoms with van der Waals surface area (Å²) >= 11 is 5.17. The molecule has 0 aromatic carbocycles. The zero-order chi connectivity index (χ0) is 13.1. The van der Waals surface area contributed by atoms with E-state index in [1.807, 2.05) is 0 Å². The Morgan fingerprint density at radius 1 is 0.722 bits per heavy atom. The topological polar surface area (TPSA) is 24.7 Å². The second-order valence-corrected chi connectivity index (χ2v) is 9.66. The average Bonchev–Trinajstić information content (AvgIpc) is 2.30. The van der Waals surface area contributed by atoms with Gasteiger partial charge in [0.05, 0.1) is 12.1 Å². The molecule has 0 radical (unpaired) electrons. The van der Waals surface area contributed by atoms with Crippen LogP contribution in [0.3, 0.4) is 0 Å². The molecule has 0 spiro atoms. The van der Waals surface area contributed by atoms with Gasteiger partial charge < -0.3 is 0 Å². The van der Waals surface area contributed by atoms with Gasteiger partial charge in [-0.1, -0.05) is 59.0 Å². The van der Waals surface area contributed by atoms with Gasteiger partial charge in [0, 0.05) is 7.85 Å². The molecule has 6 atom stereocenters. The molecule has 0 amide bonds. The number of halogens is 2. The molecule has 0 aromatic rings. The van der Waals surface area contributed by atoms with Gasteiger partial charge in [0.25, 0.3) is 0 Å². The van der Waals surface area contributed by atoms with Crippen molar-refractivity contribution in [3.05, 3.63) is 0 Å².